The Bertz CT molecular complexity index is 446. The molecule has 7 heteroatoms. The maximum absolute atomic E-state index is 12.6. The Labute approximate surface area is 123 Å². The van der Waals surface area contributed by atoms with Gasteiger partial charge in [-0.1, -0.05) is 6.92 Å². The number of hydrogen-bond donors (Lipinski definition) is 1. The number of alkyl halides is 3. The molecule has 0 aliphatic carbocycles. The normalized spacial score (nSPS) is 12.0. The van der Waals surface area contributed by atoms with Crippen LogP contribution in [0.25, 0.3) is 0 Å². The Kier molecular flexibility index (Phi) is 6.39. The number of nitrogens with zero attached hydrogens (tertiary/aromatic N) is 3. The summed E-state index contributed by atoms with van der Waals surface area (Å²) in [5.74, 6) is 0.124. The Morgan fingerprint density at radius 3 is 2.48 bits per heavy atom. The molecule has 4 nitrogen and oxygen atoms in total. The summed E-state index contributed by atoms with van der Waals surface area (Å²) in [5, 5.41) is 3.23. The van der Waals surface area contributed by atoms with Gasteiger partial charge in [0.05, 0.1) is 0 Å². The van der Waals surface area contributed by atoms with E-state index in [2.05, 4.69) is 22.2 Å². The second kappa shape index (κ2) is 7.59. The third-order valence-corrected chi connectivity index (χ3v) is 3.04. The standard InChI is InChI=1S/C14H23F3N4/c1-5-6-18-7-12-8-19-13(20-11(12)4)21(10(2)3)9-14(15,16)17/h8,10,18H,5-7,9H2,1-4H3. The van der Waals surface area contributed by atoms with Crippen LogP contribution in [0.15, 0.2) is 6.20 Å². The lowest BCUT2D eigenvalue weighted by Gasteiger charge is -2.28. The van der Waals surface area contributed by atoms with Crippen molar-refractivity contribution in [3.63, 3.8) is 0 Å². The van der Waals surface area contributed by atoms with Crippen LogP contribution >= 0.6 is 0 Å². The fourth-order valence-corrected chi connectivity index (χ4v) is 1.87. The van der Waals surface area contributed by atoms with Gasteiger partial charge >= 0.3 is 6.18 Å². The van der Waals surface area contributed by atoms with Crippen molar-refractivity contribution in [2.45, 2.75) is 52.9 Å². The summed E-state index contributed by atoms with van der Waals surface area (Å²) < 4.78 is 37.9. The summed E-state index contributed by atoms with van der Waals surface area (Å²) in [5.41, 5.74) is 1.61. The van der Waals surface area contributed by atoms with Crippen molar-refractivity contribution in [1.82, 2.24) is 15.3 Å². The van der Waals surface area contributed by atoms with Crippen LogP contribution in [-0.4, -0.2) is 35.3 Å². The topological polar surface area (TPSA) is 41.1 Å². The molecule has 0 spiro atoms. The van der Waals surface area contributed by atoms with E-state index < -0.39 is 12.7 Å². The first-order chi connectivity index (χ1) is 9.74. The molecule has 21 heavy (non-hydrogen) atoms. The zero-order valence-electron chi connectivity index (χ0n) is 13.0. The summed E-state index contributed by atoms with van der Waals surface area (Å²) in [6, 6.07) is -0.324. The Balaban J connectivity index is 2.88. The summed E-state index contributed by atoms with van der Waals surface area (Å²) in [6.45, 7) is 7.71. The number of anilines is 1. The van der Waals surface area contributed by atoms with Crippen LogP contribution in [0, 0.1) is 6.92 Å². The molecule has 0 radical (unpaired) electrons. The Morgan fingerprint density at radius 1 is 1.33 bits per heavy atom. The zero-order chi connectivity index (χ0) is 16.0. The number of nitrogens with one attached hydrogen (secondary N) is 1. The van der Waals surface area contributed by atoms with Gasteiger partial charge in [-0.15, -0.1) is 0 Å². The molecule has 0 fully saturated rings. The van der Waals surface area contributed by atoms with Crippen molar-refractivity contribution < 1.29 is 13.2 Å². The molecule has 120 valence electrons. The van der Waals surface area contributed by atoms with Gasteiger partial charge in [-0.3, -0.25) is 0 Å². The molecule has 0 aromatic carbocycles. The van der Waals surface area contributed by atoms with Crippen molar-refractivity contribution in [2.24, 2.45) is 0 Å². The average molecular weight is 304 g/mol. The molecule has 0 aliphatic rings. The number of halogens is 3. The third-order valence-electron chi connectivity index (χ3n) is 3.04. The maximum atomic E-state index is 12.6. The molecule has 0 unspecified atom stereocenters. The Hall–Kier alpha value is -1.37. The van der Waals surface area contributed by atoms with Gasteiger partial charge in [0.1, 0.15) is 6.54 Å². The van der Waals surface area contributed by atoms with Gasteiger partial charge in [0.2, 0.25) is 5.95 Å². The molecular formula is C14H23F3N4. The highest BCUT2D eigenvalue weighted by Crippen LogP contribution is 2.22. The van der Waals surface area contributed by atoms with Gasteiger partial charge in [0.15, 0.2) is 0 Å². The monoisotopic (exact) mass is 304 g/mol. The number of aromatic nitrogens is 2. The first-order valence-electron chi connectivity index (χ1n) is 7.11. The minimum Gasteiger partial charge on any atom is -0.329 e. The van der Waals surface area contributed by atoms with Crippen molar-refractivity contribution >= 4 is 5.95 Å². The minimum absolute atomic E-state index is 0.124. The van der Waals surface area contributed by atoms with E-state index in [1.165, 1.54) is 0 Å². The maximum Gasteiger partial charge on any atom is 0.406 e. The van der Waals surface area contributed by atoms with E-state index >= 15 is 0 Å². The fraction of sp³-hybridized carbons (Fsp3) is 0.714. The van der Waals surface area contributed by atoms with Gasteiger partial charge in [-0.25, -0.2) is 9.97 Å². The number of hydrogen-bond acceptors (Lipinski definition) is 4. The van der Waals surface area contributed by atoms with Gasteiger partial charge < -0.3 is 10.2 Å². The molecule has 1 aromatic heterocycles. The van der Waals surface area contributed by atoms with E-state index in [0.29, 0.717) is 12.2 Å². The van der Waals surface area contributed by atoms with Crippen LogP contribution in [0.3, 0.4) is 0 Å². The molecule has 0 atom stereocenters. The van der Waals surface area contributed by atoms with E-state index in [-0.39, 0.29) is 12.0 Å². The highest BCUT2D eigenvalue weighted by Gasteiger charge is 2.33. The minimum atomic E-state index is -4.27. The molecule has 0 saturated carbocycles. The van der Waals surface area contributed by atoms with Gasteiger partial charge in [-0.2, -0.15) is 13.2 Å². The second-order valence-electron chi connectivity index (χ2n) is 5.29. The molecule has 1 aromatic rings. The molecule has 1 heterocycles. The van der Waals surface area contributed by atoms with E-state index in [9.17, 15) is 13.2 Å². The Morgan fingerprint density at radius 2 is 2.00 bits per heavy atom. The van der Waals surface area contributed by atoms with Crippen molar-refractivity contribution in [3.8, 4) is 0 Å². The molecule has 0 bridgehead atoms. The van der Waals surface area contributed by atoms with Crippen LogP contribution < -0.4 is 10.2 Å². The quantitative estimate of drug-likeness (QED) is 0.786. The van der Waals surface area contributed by atoms with E-state index in [0.717, 1.165) is 23.4 Å². The average Bonchev–Trinajstić information content (AvgIpc) is 2.37. The van der Waals surface area contributed by atoms with Gasteiger partial charge in [0, 0.05) is 30.0 Å². The van der Waals surface area contributed by atoms with Crippen molar-refractivity contribution in [2.75, 3.05) is 18.0 Å². The van der Waals surface area contributed by atoms with Crippen LogP contribution in [0.4, 0.5) is 19.1 Å². The smallest absolute Gasteiger partial charge is 0.329 e. The van der Waals surface area contributed by atoms with E-state index in [4.69, 9.17) is 0 Å². The van der Waals surface area contributed by atoms with E-state index in [1.807, 2.05) is 0 Å². The lowest BCUT2D eigenvalue weighted by atomic mass is 10.2. The van der Waals surface area contributed by atoms with Gasteiger partial charge in [0.25, 0.3) is 0 Å². The number of aryl methyl sites for hydroxylation is 1. The predicted octanol–water partition coefficient (Wildman–Crippen LogP) is 3.06. The number of rotatable bonds is 7. The zero-order valence-corrected chi connectivity index (χ0v) is 13.0. The SMILES string of the molecule is CCCNCc1cnc(N(CC(F)(F)F)C(C)C)nc1C. The highest BCUT2D eigenvalue weighted by molar-refractivity contribution is 5.34. The first-order valence-corrected chi connectivity index (χ1v) is 7.11. The van der Waals surface area contributed by atoms with Crippen LogP contribution in [-0.2, 0) is 6.54 Å². The largest absolute Gasteiger partial charge is 0.406 e. The first kappa shape index (κ1) is 17.7. The summed E-state index contributed by atoms with van der Waals surface area (Å²) in [6.07, 6.45) is -1.65. The molecular weight excluding hydrogens is 281 g/mol. The third kappa shape index (κ3) is 5.87. The van der Waals surface area contributed by atoms with E-state index in [1.54, 1.807) is 27.0 Å². The summed E-state index contributed by atoms with van der Waals surface area (Å²) in [4.78, 5) is 9.49. The van der Waals surface area contributed by atoms with Crippen LogP contribution in [0.2, 0.25) is 0 Å². The molecule has 1 rings (SSSR count). The van der Waals surface area contributed by atoms with Crippen LogP contribution in [0.5, 0.6) is 0 Å². The molecule has 0 amide bonds. The molecule has 0 saturated heterocycles. The molecule has 0 aliphatic heterocycles. The predicted molar refractivity (Wildman–Crippen MR) is 77.3 cm³/mol. The van der Waals surface area contributed by atoms with Crippen LogP contribution in [0.1, 0.15) is 38.4 Å². The lowest BCUT2D eigenvalue weighted by molar-refractivity contribution is -0.120. The van der Waals surface area contributed by atoms with Crippen molar-refractivity contribution in [3.05, 3.63) is 17.5 Å². The fourth-order valence-electron chi connectivity index (χ4n) is 1.87. The second-order valence-corrected chi connectivity index (χ2v) is 5.29. The van der Waals surface area contributed by atoms with Gasteiger partial charge in [-0.05, 0) is 33.7 Å². The summed E-state index contributed by atoms with van der Waals surface area (Å²) in [7, 11) is 0. The lowest BCUT2D eigenvalue weighted by Crippen LogP contribution is -2.40. The van der Waals surface area contributed by atoms with Crippen molar-refractivity contribution in [1.29, 1.82) is 0 Å². The highest BCUT2D eigenvalue weighted by atomic mass is 19.4. The molecule has 1 N–H and O–H groups in total. The summed E-state index contributed by atoms with van der Waals surface area (Å²) >= 11 is 0.